The average Bonchev–Trinajstić information content (AvgIpc) is 3.35. The van der Waals surface area contributed by atoms with Crippen LogP contribution in [-0.4, -0.2) is 25.1 Å². The van der Waals surface area contributed by atoms with E-state index in [1.807, 2.05) is 42.8 Å². The Morgan fingerprint density at radius 2 is 1.96 bits per heavy atom. The van der Waals surface area contributed by atoms with Crippen molar-refractivity contribution >= 4 is 17.3 Å². The van der Waals surface area contributed by atoms with E-state index >= 15 is 0 Å². The second-order valence-electron chi connectivity index (χ2n) is 5.57. The number of anilines is 1. The molecule has 0 aliphatic carbocycles. The van der Waals surface area contributed by atoms with E-state index in [2.05, 4.69) is 37.6 Å². The summed E-state index contributed by atoms with van der Waals surface area (Å²) in [6.07, 6.45) is 5.39. The molecule has 4 rings (SSSR count). The number of nitrogens with zero attached hydrogens (tertiary/aromatic N) is 4. The highest BCUT2D eigenvalue weighted by molar-refractivity contribution is 7.13. The van der Waals surface area contributed by atoms with Crippen LogP contribution in [0.1, 0.15) is 18.5 Å². The van der Waals surface area contributed by atoms with Crippen LogP contribution >= 0.6 is 11.3 Å². The van der Waals surface area contributed by atoms with Gasteiger partial charge in [-0.15, -0.1) is 11.3 Å². The van der Waals surface area contributed by atoms with E-state index < -0.39 is 0 Å². The molecule has 1 atom stereocenters. The summed E-state index contributed by atoms with van der Waals surface area (Å²) in [6, 6.07) is 12.1. The highest BCUT2D eigenvalue weighted by Crippen LogP contribution is 2.28. The van der Waals surface area contributed by atoms with Crippen molar-refractivity contribution in [2.24, 2.45) is 0 Å². The van der Waals surface area contributed by atoms with Crippen LogP contribution in [0.25, 0.3) is 22.0 Å². The van der Waals surface area contributed by atoms with Gasteiger partial charge < -0.3 is 5.32 Å². The first-order valence-corrected chi connectivity index (χ1v) is 8.77. The minimum absolute atomic E-state index is 0.0595. The van der Waals surface area contributed by atoms with Gasteiger partial charge in [-0.1, -0.05) is 30.3 Å². The number of rotatable bonds is 5. The fourth-order valence-electron chi connectivity index (χ4n) is 2.45. The molecule has 4 aromatic rings. The summed E-state index contributed by atoms with van der Waals surface area (Å²) in [4.78, 5) is 13.6. The first kappa shape index (κ1) is 15.5. The predicted molar refractivity (Wildman–Crippen MR) is 99.2 cm³/mol. The Kier molecular flexibility index (Phi) is 4.22. The van der Waals surface area contributed by atoms with Gasteiger partial charge in [-0.2, -0.15) is 5.10 Å². The van der Waals surface area contributed by atoms with Crippen molar-refractivity contribution in [1.82, 2.24) is 25.1 Å². The lowest BCUT2D eigenvalue weighted by atomic mass is 10.2. The van der Waals surface area contributed by atoms with Gasteiger partial charge in [0.1, 0.15) is 10.7 Å². The summed E-state index contributed by atoms with van der Waals surface area (Å²) >= 11 is 1.61. The van der Waals surface area contributed by atoms with Crippen LogP contribution < -0.4 is 5.32 Å². The number of nitrogens with one attached hydrogen (secondary N) is 2. The van der Waals surface area contributed by atoms with Crippen molar-refractivity contribution in [3.8, 4) is 22.0 Å². The summed E-state index contributed by atoms with van der Waals surface area (Å²) in [5.74, 6) is 0.570. The number of hydrogen-bond acceptors (Lipinski definition) is 6. The molecule has 3 heterocycles. The second-order valence-corrected chi connectivity index (χ2v) is 6.43. The van der Waals surface area contributed by atoms with Crippen molar-refractivity contribution in [2.45, 2.75) is 13.0 Å². The zero-order chi connectivity index (χ0) is 17.1. The van der Waals surface area contributed by atoms with Crippen LogP contribution in [-0.2, 0) is 0 Å². The molecule has 0 radical (unpaired) electrons. The Labute approximate surface area is 149 Å². The molecule has 0 bridgehead atoms. The number of benzene rings is 1. The molecule has 0 saturated heterocycles. The van der Waals surface area contributed by atoms with E-state index in [-0.39, 0.29) is 6.04 Å². The molecule has 0 saturated carbocycles. The number of H-pyrrole nitrogens is 1. The molecule has 2 N–H and O–H groups in total. The minimum Gasteiger partial charge on any atom is -0.348 e. The molecular formula is C18H16N6S. The summed E-state index contributed by atoms with van der Waals surface area (Å²) in [5, 5.41) is 13.1. The standard InChI is InChI=1S/C18H16N6S/c1-12(14-9-20-21-10-14)22-18-19-8-7-15(24-18)16-11-25-17(23-16)13-5-3-2-4-6-13/h2-12H,1H3,(H,20,21)(H,19,22,24). The number of thiazole rings is 1. The third-order valence-corrected chi connectivity index (χ3v) is 4.70. The zero-order valence-electron chi connectivity index (χ0n) is 13.5. The van der Waals surface area contributed by atoms with Crippen LogP contribution in [0, 0.1) is 0 Å². The lowest BCUT2D eigenvalue weighted by Gasteiger charge is -2.11. The molecule has 7 heteroatoms. The van der Waals surface area contributed by atoms with Crippen molar-refractivity contribution in [1.29, 1.82) is 0 Å². The molecule has 6 nitrogen and oxygen atoms in total. The van der Waals surface area contributed by atoms with Crippen LogP contribution in [0.5, 0.6) is 0 Å². The van der Waals surface area contributed by atoms with Crippen LogP contribution in [0.15, 0.2) is 60.4 Å². The molecule has 1 aromatic carbocycles. The van der Waals surface area contributed by atoms with Gasteiger partial charge in [0.2, 0.25) is 5.95 Å². The lowest BCUT2D eigenvalue weighted by molar-refractivity contribution is 0.862. The highest BCUT2D eigenvalue weighted by atomic mass is 32.1. The molecular weight excluding hydrogens is 332 g/mol. The summed E-state index contributed by atoms with van der Waals surface area (Å²) < 4.78 is 0. The predicted octanol–water partition coefficient (Wildman–Crippen LogP) is 4.16. The van der Waals surface area contributed by atoms with Gasteiger partial charge in [0.15, 0.2) is 0 Å². The largest absolute Gasteiger partial charge is 0.348 e. The van der Waals surface area contributed by atoms with Gasteiger partial charge in [0.25, 0.3) is 0 Å². The minimum atomic E-state index is 0.0595. The van der Waals surface area contributed by atoms with E-state index in [1.165, 1.54) is 0 Å². The Hall–Kier alpha value is -3.06. The number of aromatic nitrogens is 5. The Morgan fingerprint density at radius 1 is 1.08 bits per heavy atom. The maximum atomic E-state index is 4.71. The topological polar surface area (TPSA) is 79.4 Å². The molecule has 1 unspecified atom stereocenters. The molecule has 25 heavy (non-hydrogen) atoms. The van der Waals surface area contributed by atoms with Crippen LogP contribution in [0.3, 0.4) is 0 Å². The number of hydrogen-bond donors (Lipinski definition) is 2. The molecule has 0 amide bonds. The fraction of sp³-hybridized carbons (Fsp3) is 0.111. The Bertz CT molecular complexity index is 949. The second kappa shape index (κ2) is 6.82. The monoisotopic (exact) mass is 348 g/mol. The van der Waals surface area contributed by atoms with E-state index in [1.54, 1.807) is 23.7 Å². The van der Waals surface area contributed by atoms with Crippen molar-refractivity contribution in [3.63, 3.8) is 0 Å². The van der Waals surface area contributed by atoms with Gasteiger partial charge in [-0.3, -0.25) is 5.10 Å². The van der Waals surface area contributed by atoms with E-state index in [4.69, 9.17) is 4.98 Å². The summed E-state index contributed by atoms with van der Waals surface area (Å²) in [7, 11) is 0. The Morgan fingerprint density at radius 3 is 2.76 bits per heavy atom. The molecule has 0 spiro atoms. The Balaban J connectivity index is 1.56. The zero-order valence-corrected chi connectivity index (χ0v) is 14.4. The average molecular weight is 348 g/mol. The fourth-order valence-corrected chi connectivity index (χ4v) is 3.27. The first-order valence-electron chi connectivity index (χ1n) is 7.89. The molecule has 0 aliphatic heterocycles. The maximum absolute atomic E-state index is 4.71. The van der Waals surface area contributed by atoms with Crippen LogP contribution in [0.2, 0.25) is 0 Å². The normalized spacial score (nSPS) is 12.0. The van der Waals surface area contributed by atoms with Gasteiger partial charge in [0.05, 0.1) is 17.9 Å². The smallest absolute Gasteiger partial charge is 0.223 e. The summed E-state index contributed by atoms with van der Waals surface area (Å²) in [5.41, 5.74) is 3.81. The quantitative estimate of drug-likeness (QED) is 0.566. The summed E-state index contributed by atoms with van der Waals surface area (Å²) in [6.45, 7) is 2.04. The highest BCUT2D eigenvalue weighted by Gasteiger charge is 2.11. The third kappa shape index (κ3) is 3.41. The maximum Gasteiger partial charge on any atom is 0.223 e. The van der Waals surface area contributed by atoms with Gasteiger partial charge in [-0.25, -0.2) is 15.0 Å². The van der Waals surface area contributed by atoms with E-state index in [0.717, 1.165) is 27.5 Å². The number of aromatic amines is 1. The van der Waals surface area contributed by atoms with Gasteiger partial charge in [0, 0.05) is 28.9 Å². The van der Waals surface area contributed by atoms with E-state index in [9.17, 15) is 0 Å². The van der Waals surface area contributed by atoms with Gasteiger partial charge >= 0.3 is 0 Å². The van der Waals surface area contributed by atoms with Crippen molar-refractivity contribution < 1.29 is 0 Å². The van der Waals surface area contributed by atoms with Gasteiger partial charge in [-0.05, 0) is 13.0 Å². The molecule has 0 aliphatic rings. The molecule has 3 aromatic heterocycles. The van der Waals surface area contributed by atoms with Crippen molar-refractivity contribution in [2.75, 3.05) is 5.32 Å². The molecule has 0 fully saturated rings. The lowest BCUT2D eigenvalue weighted by Crippen LogP contribution is -2.08. The first-order chi connectivity index (χ1) is 12.3. The van der Waals surface area contributed by atoms with Crippen molar-refractivity contribution in [3.05, 3.63) is 65.9 Å². The van der Waals surface area contributed by atoms with E-state index in [0.29, 0.717) is 5.95 Å². The molecule has 124 valence electrons. The third-order valence-electron chi connectivity index (χ3n) is 3.81. The SMILES string of the molecule is CC(Nc1nccc(-c2csc(-c3ccccc3)n2)n1)c1cn[nH]c1. The van der Waals surface area contributed by atoms with Crippen LogP contribution in [0.4, 0.5) is 5.95 Å².